The van der Waals surface area contributed by atoms with Crippen LogP contribution in [0, 0.1) is 5.92 Å². The van der Waals surface area contributed by atoms with Crippen molar-refractivity contribution in [3.63, 3.8) is 0 Å². The van der Waals surface area contributed by atoms with Crippen LogP contribution >= 0.6 is 27.3 Å². The van der Waals surface area contributed by atoms with Gasteiger partial charge in [-0.1, -0.05) is 47.0 Å². The Morgan fingerprint density at radius 2 is 2.28 bits per heavy atom. The summed E-state index contributed by atoms with van der Waals surface area (Å²) in [6.07, 6.45) is 5.28. The first-order chi connectivity index (χ1) is 8.70. The van der Waals surface area contributed by atoms with E-state index in [1.165, 1.54) is 30.4 Å². The molecule has 2 unspecified atom stereocenters. The van der Waals surface area contributed by atoms with Gasteiger partial charge in [-0.25, -0.2) is 4.98 Å². The standard InChI is InChI=1S/C14H17BrN2S/c1-9-3-2-4-11(7-9)16-14-17-12-8-10(15)5-6-13(12)18-14/h5-6,8-9,11H,2-4,7H2,1H3,(H,16,17). The van der Waals surface area contributed by atoms with Gasteiger partial charge in [0.15, 0.2) is 5.13 Å². The second kappa shape index (κ2) is 5.17. The zero-order valence-electron chi connectivity index (χ0n) is 10.4. The molecule has 2 nitrogen and oxygen atoms in total. The van der Waals surface area contributed by atoms with E-state index in [0.717, 1.165) is 21.0 Å². The molecule has 1 N–H and O–H groups in total. The summed E-state index contributed by atoms with van der Waals surface area (Å²) in [6.45, 7) is 2.35. The number of nitrogens with zero attached hydrogens (tertiary/aromatic N) is 1. The van der Waals surface area contributed by atoms with Crippen molar-refractivity contribution in [1.29, 1.82) is 0 Å². The van der Waals surface area contributed by atoms with Gasteiger partial charge in [0.1, 0.15) is 0 Å². The number of nitrogens with one attached hydrogen (secondary N) is 1. The third-order valence-electron chi connectivity index (χ3n) is 3.61. The van der Waals surface area contributed by atoms with E-state index in [0.29, 0.717) is 6.04 Å². The van der Waals surface area contributed by atoms with Gasteiger partial charge in [0.2, 0.25) is 0 Å². The van der Waals surface area contributed by atoms with Crippen LogP contribution in [-0.4, -0.2) is 11.0 Å². The van der Waals surface area contributed by atoms with Crippen LogP contribution in [0.5, 0.6) is 0 Å². The predicted molar refractivity (Wildman–Crippen MR) is 82.4 cm³/mol. The lowest BCUT2D eigenvalue weighted by Gasteiger charge is -2.27. The minimum absolute atomic E-state index is 0.609. The summed E-state index contributed by atoms with van der Waals surface area (Å²) in [6, 6.07) is 6.90. The fourth-order valence-corrected chi connectivity index (χ4v) is 3.97. The van der Waals surface area contributed by atoms with Crippen LogP contribution in [0.4, 0.5) is 5.13 Å². The lowest BCUT2D eigenvalue weighted by molar-refractivity contribution is 0.358. The van der Waals surface area contributed by atoms with Crippen molar-refractivity contribution in [1.82, 2.24) is 4.98 Å². The topological polar surface area (TPSA) is 24.9 Å². The van der Waals surface area contributed by atoms with Gasteiger partial charge < -0.3 is 5.32 Å². The molecule has 1 fully saturated rings. The van der Waals surface area contributed by atoms with E-state index < -0.39 is 0 Å². The lowest BCUT2D eigenvalue weighted by atomic mass is 9.87. The third kappa shape index (κ3) is 2.69. The van der Waals surface area contributed by atoms with Crippen molar-refractivity contribution in [3.05, 3.63) is 22.7 Å². The molecular formula is C14H17BrN2S. The molecular weight excluding hydrogens is 308 g/mol. The molecule has 2 atom stereocenters. The average molecular weight is 325 g/mol. The Bertz CT molecular complexity index is 552. The van der Waals surface area contributed by atoms with Crippen molar-refractivity contribution in [3.8, 4) is 0 Å². The Morgan fingerprint density at radius 3 is 3.11 bits per heavy atom. The molecule has 1 aliphatic rings. The van der Waals surface area contributed by atoms with Crippen LogP contribution in [0.15, 0.2) is 22.7 Å². The summed E-state index contributed by atoms with van der Waals surface area (Å²) in [5.74, 6) is 0.847. The van der Waals surface area contributed by atoms with Gasteiger partial charge >= 0.3 is 0 Å². The predicted octanol–water partition coefficient (Wildman–Crippen LogP) is 5.05. The number of hydrogen-bond donors (Lipinski definition) is 1. The van der Waals surface area contributed by atoms with Gasteiger partial charge in [-0.15, -0.1) is 0 Å². The van der Waals surface area contributed by atoms with Crippen LogP contribution in [0.25, 0.3) is 10.2 Å². The third-order valence-corrected chi connectivity index (χ3v) is 5.07. The van der Waals surface area contributed by atoms with Gasteiger partial charge in [-0.05, 0) is 37.0 Å². The largest absolute Gasteiger partial charge is 0.359 e. The molecule has 1 heterocycles. The fourth-order valence-electron chi connectivity index (χ4n) is 2.70. The Balaban J connectivity index is 1.78. The highest BCUT2D eigenvalue weighted by Gasteiger charge is 2.19. The normalized spacial score (nSPS) is 24.3. The number of rotatable bonds is 2. The molecule has 1 aromatic carbocycles. The zero-order valence-corrected chi connectivity index (χ0v) is 12.9. The van der Waals surface area contributed by atoms with E-state index in [4.69, 9.17) is 0 Å². The summed E-state index contributed by atoms with van der Waals surface area (Å²) < 4.78 is 2.35. The maximum atomic E-state index is 4.67. The molecule has 0 amide bonds. The Hall–Kier alpha value is -0.610. The van der Waals surface area contributed by atoms with E-state index >= 15 is 0 Å². The average Bonchev–Trinajstić information content (AvgIpc) is 2.70. The monoisotopic (exact) mass is 324 g/mol. The molecule has 0 bridgehead atoms. The number of anilines is 1. The molecule has 1 aromatic heterocycles. The van der Waals surface area contributed by atoms with E-state index in [9.17, 15) is 0 Å². The van der Waals surface area contributed by atoms with Gasteiger partial charge in [0.05, 0.1) is 10.2 Å². The lowest BCUT2D eigenvalue weighted by Crippen LogP contribution is -2.25. The molecule has 1 aliphatic carbocycles. The molecule has 4 heteroatoms. The number of fused-ring (bicyclic) bond motifs is 1. The molecule has 1 saturated carbocycles. The van der Waals surface area contributed by atoms with Crippen LogP contribution < -0.4 is 5.32 Å². The van der Waals surface area contributed by atoms with Crippen molar-refractivity contribution < 1.29 is 0 Å². The van der Waals surface area contributed by atoms with Crippen LogP contribution in [0.2, 0.25) is 0 Å². The first-order valence-electron chi connectivity index (χ1n) is 6.53. The van der Waals surface area contributed by atoms with Crippen molar-refractivity contribution >= 4 is 42.6 Å². The summed E-state index contributed by atoms with van der Waals surface area (Å²) in [5, 5.41) is 4.68. The molecule has 0 spiro atoms. The van der Waals surface area contributed by atoms with Crippen LogP contribution in [0.1, 0.15) is 32.6 Å². The number of benzene rings is 1. The molecule has 18 heavy (non-hydrogen) atoms. The maximum absolute atomic E-state index is 4.67. The van der Waals surface area contributed by atoms with Crippen LogP contribution in [-0.2, 0) is 0 Å². The fraction of sp³-hybridized carbons (Fsp3) is 0.500. The van der Waals surface area contributed by atoms with Crippen molar-refractivity contribution in [2.24, 2.45) is 5.92 Å². The van der Waals surface area contributed by atoms with Crippen molar-refractivity contribution in [2.45, 2.75) is 38.6 Å². The SMILES string of the molecule is CC1CCCC(Nc2nc3cc(Br)ccc3s2)C1. The molecule has 0 radical (unpaired) electrons. The second-order valence-electron chi connectivity index (χ2n) is 5.24. The van der Waals surface area contributed by atoms with Gasteiger partial charge in [-0.2, -0.15) is 0 Å². The van der Waals surface area contributed by atoms with E-state index in [1.54, 1.807) is 11.3 Å². The van der Waals surface area contributed by atoms with Crippen LogP contribution in [0.3, 0.4) is 0 Å². The zero-order chi connectivity index (χ0) is 12.5. The highest BCUT2D eigenvalue weighted by Crippen LogP contribution is 2.31. The molecule has 0 saturated heterocycles. The maximum Gasteiger partial charge on any atom is 0.184 e. The number of halogens is 1. The smallest absolute Gasteiger partial charge is 0.184 e. The van der Waals surface area contributed by atoms with Crippen molar-refractivity contribution in [2.75, 3.05) is 5.32 Å². The second-order valence-corrected chi connectivity index (χ2v) is 7.19. The van der Waals surface area contributed by atoms with E-state index in [2.05, 4.69) is 51.4 Å². The summed E-state index contributed by atoms with van der Waals surface area (Å²) >= 11 is 5.25. The van der Waals surface area contributed by atoms with Gasteiger partial charge in [0, 0.05) is 10.5 Å². The Kier molecular flexibility index (Phi) is 3.57. The minimum Gasteiger partial charge on any atom is -0.359 e. The first-order valence-corrected chi connectivity index (χ1v) is 8.14. The van der Waals surface area contributed by atoms with E-state index in [-0.39, 0.29) is 0 Å². The highest BCUT2D eigenvalue weighted by atomic mass is 79.9. The molecule has 2 aromatic rings. The quantitative estimate of drug-likeness (QED) is 0.836. The molecule has 0 aliphatic heterocycles. The number of hydrogen-bond acceptors (Lipinski definition) is 3. The molecule has 3 rings (SSSR count). The highest BCUT2D eigenvalue weighted by molar-refractivity contribution is 9.10. The Labute approximate surface area is 120 Å². The Morgan fingerprint density at radius 1 is 1.39 bits per heavy atom. The summed E-state index contributed by atoms with van der Waals surface area (Å²) in [4.78, 5) is 4.67. The van der Waals surface area contributed by atoms with E-state index in [1.807, 2.05) is 0 Å². The summed E-state index contributed by atoms with van der Waals surface area (Å²) in [5.41, 5.74) is 1.08. The summed E-state index contributed by atoms with van der Waals surface area (Å²) in [7, 11) is 0. The number of thiazole rings is 1. The van der Waals surface area contributed by atoms with Gasteiger partial charge in [-0.3, -0.25) is 0 Å². The first kappa shape index (κ1) is 12.4. The minimum atomic E-state index is 0.609. The molecule has 96 valence electrons. The number of aromatic nitrogens is 1. The van der Waals surface area contributed by atoms with Gasteiger partial charge in [0.25, 0.3) is 0 Å².